The molecule has 0 rings (SSSR count). The van der Waals surface area contributed by atoms with Crippen LogP contribution in [0.25, 0.3) is 0 Å². The molecule has 0 radical (unpaired) electrons. The minimum atomic E-state index is -0.334. The minimum absolute atomic E-state index is 0.0686. The summed E-state index contributed by atoms with van der Waals surface area (Å²) in [6.45, 7) is 2.97. The van der Waals surface area contributed by atoms with Crippen molar-refractivity contribution in [2.75, 3.05) is 39.8 Å². The lowest BCUT2D eigenvalue weighted by Crippen LogP contribution is -2.39. The van der Waals surface area contributed by atoms with Crippen LogP contribution in [0.3, 0.4) is 0 Å². The van der Waals surface area contributed by atoms with Crippen LogP contribution in [0.5, 0.6) is 0 Å². The van der Waals surface area contributed by atoms with Gasteiger partial charge in [-0.25, -0.2) is 0 Å². The molecule has 0 aromatic heterocycles. The topological polar surface area (TPSA) is 55.8 Å². The van der Waals surface area contributed by atoms with Crippen molar-refractivity contribution in [2.24, 2.45) is 5.92 Å². The van der Waals surface area contributed by atoms with Crippen LogP contribution in [0.2, 0.25) is 0 Å². The van der Waals surface area contributed by atoms with E-state index >= 15 is 0 Å². The van der Waals surface area contributed by atoms with Gasteiger partial charge in [0.1, 0.15) is 0 Å². The standard InChI is InChI=1S/C11H20ClNO4/c1-9(8-12)11(15)13(6-7-16-2)5-4-10(14)17-3/h9H,4-8H2,1-3H3. The van der Waals surface area contributed by atoms with Crippen molar-refractivity contribution in [3.63, 3.8) is 0 Å². The first-order valence-electron chi connectivity index (χ1n) is 5.47. The average molecular weight is 266 g/mol. The maximum Gasteiger partial charge on any atom is 0.307 e. The van der Waals surface area contributed by atoms with Crippen LogP contribution < -0.4 is 0 Å². The molecule has 0 spiro atoms. The zero-order chi connectivity index (χ0) is 13.3. The molecule has 1 atom stereocenters. The molecule has 0 aliphatic carbocycles. The molecule has 0 heterocycles. The molecule has 0 saturated heterocycles. The van der Waals surface area contributed by atoms with Crippen molar-refractivity contribution in [3.05, 3.63) is 0 Å². The number of hydrogen-bond donors (Lipinski definition) is 0. The summed E-state index contributed by atoms with van der Waals surface area (Å²) < 4.78 is 9.46. The molecule has 0 bridgehead atoms. The number of carbonyl (C=O) groups excluding carboxylic acids is 2. The van der Waals surface area contributed by atoms with Gasteiger partial charge in [-0.15, -0.1) is 11.6 Å². The lowest BCUT2D eigenvalue weighted by atomic mass is 10.2. The van der Waals surface area contributed by atoms with Crippen LogP contribution in [-0.2, 0) is 19.1 Å². The Bertz CT molecular complexity index is 248. The van der Waals surface area contributed by atoms with Crippen LogP contribution in [0.4, 0.5) is 0 Å². The number of nitrogens with zero attached hydrogens (tertiary/aromatic N) is 1. The van der Waals surface area contributed by atoms with Gasteiger partial charge in [0.2, 0.25) is 5.91 Å². The van der Waals surface area contributed by atoms with Gasteiger partial charge in [0.15, 0.2) is 0 Å². The highest BCUT2D eigenvalue weighted by Gasteiger charge is 2.20. The fourth-order valence-corrected chi connectivity index (χ4v) is 1.37. The molecule has 6 heteroatoms. The predicted octanol–water partition coefficient (Wildman–Crippen LogP) is 0.899. The first-order chi connectivity index (χ1) is 8.06. The van der Waals surface area contributed by atoms with E-state index in [0.29, 0.717) is 19.7 Å². The van der Waals surface area contributed by atoms with E-state index in [9.17, 15) is 9.59 Å². The Balaban J connectivity index is 4.31. The Hall–Kier alpha value is -0.810. The molecular formula is C11H20ClNO4. The molecule has 100 valence electrons. The summed E-state index contributed by atoms with van der Waals surface area (Å²) in [5, 5.41) is 0. The SMILES string of the molecule is COCCN(CCC(=O)OC)C(=O)C(C)CCl. The van der Waals surface area contributed by atoms with Gasteiger partial charge < -0.3 is 14.4 Å². The quantitative estimate of drug-likeness (QED) is 0.483. The summed E-state index contributed by atoms with van der Waals surface area (Å²) in [6, 6.07) is 0. The maximum atomic E-state index is 11.9. The van der Waals surface area contributed by atoms with Crippen molar-refractivity contribution in [1.29, 1.82) is 0 Å². The molecular weight excluding hydrogens is 246 g/mol. The average Bonchev–Trinajstić information content (AvgIpc) is 2.36. The molecule has 5 nitrogen and oxygen atoms in total. The fourth-order valence-electron chi connectivity index (χ4n) is 1.24. The Morgan fingerprint density at radius 2 is 1.94 bits per heavy atom. The Labute approximate surface area is 107 Å². The second-order valence-corrected chi connectivity index (χ2v) is 4.01. The Morgan fingerprint density at radius 3 is 2.41 bits per heavy atom. The van der Waals surface area contributed by atoms with Gasteiger partial charge >= 0.3 is 5.97 Å². The normalized spacial score (nSPS) is 12.0. The highest BCUT2D eigenvalue weighted by atomic mass is 35.5. The minimum Gasteiger partial charge on any atom is -0.469 e. The van der Waals surface area contributed by atoms with Gasteiger partial charge in [-0.05, 0) is 0 Å². The molecule has 17 heavy (non-hydrogen) atoms. The van der Waals surface area contributed by atoms with E-state index in [1.165, 1.54) is 7.11 Å². The molecule has 0 aromatic rings. The number of carbonyl (C=O) groups is 2. The monoisotopic (exact) mass is 265 g/mol. The molecule has 0 N–H and O–H groups in total. The highest BCUT2D eigenvalue weighted by molar-refractivity contribution is 6.19. The lowest BCUT2D eigenvalue weighted by Gasteiger charge is -2.24. The van der Waals surface area contributed by atoms with Gasteiger partial charge in [0.25, 0.3) is 0 Å². The van der Waals surface area contributed by atoms with Crippen LogP contribution in [-0.4, -0.2) is 56.6 Å². The molecule has 0 fully saturated rings. The molecule has 0 aliphatic heterocycles. The number of rotatable bonds is 8. The number of amides is 1. The number of ether oxygens (including phenoxy) is 2. The third-order valence-electron chi connectivity index (χ3n) is 2.34. The van der Waals surface area contributed by atoms with Gasteiger partial charge in [0.05, 0.1) is 20.1 Å². The van der Waals surface area contributed by atoms with E-state index in [1.807, 2.05) is 0 Å². The number of methoxy groups -OCH3 is 2. The Kier molecular flexibility index (Phi) is 8.80. The second kappa shape index (κ2) is 9.24. The summed E-state index contributed by atoms with van der Waals surface area (Å²) in [6.07, 6.45) is 0.182. The molecule has 0 aromatic carbocycles. The third-order valence-corrected chi connectivity index (χ3v) is 2.81. The van der Waals surface area contributed by atoms with Gasteiger partial charge in [-0.1, -0.05) is 6.92 Å². The van der Waals surface area contributed by atoms with E-state index in [1.54, 1.807) is 18.9 Å². The smallest absolute Gasteiger partial charge is 0.307 e. The first-order valence-corrected chi connectivity index (χ1v) is 6.00. The predicted molar refractivity (Wildman–Crippen MR) is 65.0 cm³/mol. The summed E-state index contributed by atoms with van der Waals surface area (Å²) in [4.78, 5) is 24.5. The Morgan fingerprint density at radius 1 is 1.29 bits per heavy atom. The molecule has 1 amide bonds. The zero-order valence-electron chi connectivity index (χ0n) is 10.6. The van der Waals surface area contributed by atoms with Crippen LogP contribution in [0.1, 0.15) is 13.3 Å². The third kappa shape index (κ3) is 6.48. The number of esters is 1. The summed E-state index contributed by atoms with van der Waals surface area (Å²) in [5.41, 5.74) is 0. The van der Waals surface area contributed by atoms with Crippen molar-refractivity contribution in [1.82, 2.24) is 4.90 Å². The summed E-state index contributed by atoms with van der Waals surface area (Å²) in [7, 11) is 2.89. The largest absolute Gasteiger partial charge is 0.469 e. The second-order valence-electron chi connectivity index (χ2n) is 3.70. The molecule has 0 saturated carbocycles. The van der Waals surface area contributed by atoms with E-state index < -0.39 is 0 Å². The highest BCUT2D eigenvalue weighted by Crippen LogP contribution is 2.06. The fraction of sp³-hybridized carbons (Fsp3) is 0.818. The maximum absolute atomic E-state index is 11.9. The van der Waals surface area contributed by atoms with Gasteiger partial charge in [-0.3, -0.25) is 9.59 Å². The van der Waals surface area contributed by atoms with Crippen molar-refractivity contribution in [3.8, 4) is 0 Å². The van der Waals surface area contributed by atoms with Crippen molar-refractivity contribution >= 4 is 23.5 Å². The number of alkyl halides is 1. The molecule has 1 unspecified atom stereocenters. The summed E-state index contributed by atoms with van der Waals surface area (Å²) in [5.74, 6) is -0.397. The zero-order valence-corrected chi connectivity index (χ0v) is 11.3. The van der Waals surface area contributed by atoms with Gasteiger partial charge in [0, 0.05) is 32.0 Å². The van der Waals surface area contributed by atoms with Crippen LogP contribution in [0.15, 0.2) is 0 Å². The van der Waals surface area contributed by atoms with E-state index in [0.717, 1.165) is 0 Å². The molecule has 0 aliphatic rings. The van der Waals surface area contributed by atoms with Gasteiger partial charge in [-0.2, -0.15) is 0 Å². The van der Waals surface area contributed by atoms with Crippen molar-refractivity contribution < 1.29 is 19.1 Å². The van der Waals surface area contributed by atoms with Crippen LogP contribution >= 0.6 is 11.6 Å². The summed E-state index contributed by atoms with van der Waals surface area (Å²) >= 11 is 5.64. The first kappa shape index (κ1) is 16.2. The van der Waals surface area contributed by atoms with E-state index in [4.69, 9.17) is 16.3 Å². The van der Waals surface area contributed by atoms with E-state index in [-0.39, 0.29) is 30.1 Å². The van der Waals surface area contributed by atoms with E-state index in [2.05, 4.69) is 4.74 Å². The number of halogens is 1. The number of hydrogen-bond acceptors (Lipinski definition) is 4. The van der Waals surface area contributed by atoms with Crippen LogP contribution in [0, 0.1) is 5.92 Å². The van der Waals surface area contributed by atoms with Crippen molar-refractivity contribution in [2.45, 2.75) is 13.3 Å². The lowest BCUT2D eigenvalue weighted by molar-refractivity contribution is -0.142.